The van der Waals surface area contributed by atoms with Gasteiger partial charge in [-0.05, 0) is 31.0 Å². The van der Waals surface area contributed by atoms with E-state index >= 15 is 0 Å². The summed E-state index contributed by atoms with van der Waals surface area (Å²) in [5.74, 6) is -0.559. The van der Waals surface area contributed by atoms with E-state index in [0.29, 0.717) is 17.9 Å². The molecule has 1 aromatic rings. The fraction of sp³-hybridized carbons (Fsp3) is 0.467. The number of unbranched alkanes of at least 4 members (excludes halogenated alkanes) is 1. The lowest BCUT2D eigenvalue weighted by molar-refractivity contribution is -0.136. The number of rotatable bonds is 8. The highest BCUT2D eigenvalue weighted by Crippen LogP contribution is 2.15. The Morgan fingerprint density at radius 1 is 1.40 bits per heavy atom. The van der Waals surface area contributed by atoms with Crippen molar-refractivity contribution in [2.75, 3.05) is 6.54 Å². The van der Waals surface area contributed by atoms with Gasteiger partial charge in [0, 0.05) is 6.54 Å². The molecule has 1 unspecified atom stereocenters. The number of ether oxygens (including phenoxy) is 1. The predicted octanol–water partition coefficient (Wildman–Crippen LogP) is 2.00. The van der Waals surface area contributed by atoms with Gasteiger partial charge in [0.2, 0.25) is 0 Å². The number of hydrogen-bond acceptors (Lipinski definition) is 3. The van der Waals surface area contributed by atoms with E-state index in [1.165, 1.54) is 0 Å². The highest BCUT2D eigenvalue weighted by Gasteiger charge is 2.14. The molecule has 1 aromatic carbocycles. The first-order valence-corrected chi connectivity index (χ1v) is 6.78. The summed E-state index contributed by atoms with van der Waals surface area (Å²) in [6.07, 6.45) is 1.29. The molecular formula is C15H21NO4. The van der Waals surface area contributed by atoms with Crippen LogP contribution in [0.15, 0.2) is 24.3 Å². The number of benzene rings is 1. The SMILES string of the molecule is CCCCNC(=O)C(C)Oc1cccc(CC(=O)O)c1. The number of carboxylic acids is 1. The van der Waals surface area contributed by atoms with Gasteiger partial charge in [0.05, 0.1) is 6.42 Å². The van der Waals surface area contributed by atoms with E-state index in [1.54, 1.807) is 31.2 Å². The van der Waals surface area contributed by atoms with Crippen molar-refractivity contribution in [2.45, 2.75) is 39.2 Å². The Labute approximate surface area is 118 Å². The average molecular weight is 279 g/mol. The Hall–Kier alpha value is -2.04. The largest absolute Gasteiger partial charge is 0.481 e. The van der Waals surface area contributed by atoms with Crippen molar-refractivity contribution in [3.05, 3.63) is 29.8 Å². The zero-order valence-electron chi connectivity index (χ0n) is 11.9. The molecule has 0 saturated heterocycles. The number of carboxylic acid groups (broad SMARTS) is 1. The molecule has 1 atom stereocenters. The molecular weight excluding hydrogens is 258 g/mol. The van der Waals surface area contributed by atoms with Crippen molar-refractivity contribution in [1.29, 1.82) is 0 Å². The zero-order chi connectivity index (χ0) is 15.0. The molecule has 0 fully saturated rings. The van der Waals surface area contributed by atoms with Crippen LogP contribution in [0.4, 0.5) is 0 Å². The summed E-state index contributed by atoms with van der Waals surface area (Å²) in [5, 5.41) is 11.5. The van der Waals surface area contributed by atoms with Crippen molar-refractivity contribution < 1.29 is 19.4 Å². The van der Waals surface area contributed by atoms with Crippen LogP contribution < -0.4 is 10.1 Å². The van der Waals surface area contributed by atoms with Gasteiger partial charge in [-0.3, -0.25) is 9.59 Å². The predicted molar refractivity (Wildman–Crippen MR) is 75.8 cm³/mol. The van der Waals surface area contributed by atoms with Crippen molar-refractivity contribution in [3.63, 3.8) is 0 Å². The molecule has 0 heterocycles. The Bertz CT molecular complexity index is 459. The second-order valence-corrected chi connectivity index (χ2v) is 4.62. The second-order valence-electron chi connectivity index (χ2n) is 4.62. The van der Waals surface area contributed by atoms with Gasteiger partial charge in [0.15, 0.2) is 6.10 Å². The molecule has 20 heavy (non-hydrogen) atoms. The first-order chi connectivity index (χ1) is 9.52. The molecule has 5 heteroatoms. The Morgan fingerprint density at radius 3 is 2.80 bits per heavy atom. The quantitative estimate of drug-likeness (QED) is 0.714. The van der Waals surface area contributed by atoms with Gasteiger partial charge in [-0.25, -0.2) is 0 Å². The number of aliphatic carboxylic acids is 1. The smallest absolute Gasteiger partial charge is 0.307 e. The first-order valence-electron chi connectivity index (χ1n) is 6.78. The van der Waals surface area contributed by atoms with Crippen molar-refractivity contribution in [3.8, 4) is 5.75 Å². The van der Waals surface area contributed by atoms with E-state index in [2.05, 4.69) is 12.2 Å². The third-order valence-electron chi connectivity index (χ3n) is 2.77. The number of nitrogens with one attached hydrogen (secondary N) is 1. The van der Waals surface area contributed by atoms with Gasteiger partial charge in [0.1, 0.15) is 5.75 Å². The van der Waals surface area contributed by atoms with Crippen LogP contribution >= 0.6 is 0 Å². The molecule has 0 bridgehead atoms. The summed E-state index contributed by atoms with van der Waals surface area (Å²) >= 11 is 0. The lowest BCUT2D eigenvalue weighted by atomic mass is 10.1. The van der Waals surface area contributed by atoms with Crippen LogP contribution in [0.5, 0.6) is 5.75 Å². The van der Waals surface area contributed by atoms with Crippen molar-refractivity contribution >= 4 is 11.9 Å². The van der Waals surface area contributed by atoms with E-state index in [0.717, 1.165) is 12.8 Å². The fourth-order valence-electron chi connectivity index (χ4n) is 1.69. The van der Waals surface area contributed by atoms with Crippen LogP contribution in [0.25, 0.3) is 0 Å². The third kappa shape index (κ3) is 5.73. The third-order valence-corrected chi connectivity index (χ3v) is 2.77. The van der Waals surface area contributed by atoms with Gasteiger partial charge in [0.25, 0.3) is 5.91 Å². The van der Waals surface area contributed by atoms with Crippen LogP contribution in [0.2, 0.25) is 0 Å². The molecule has 1 amide bonds. The molecule has 0 radical (unpaired) electrons. The normalized spacial score (nSPS) is 11.7. The number of carbonyl (C=O) groups excluding carboxylic acids is 1. The number of hydrogen-bond donors (Lipinski definition) is 2. The molecule has 0 aliphatic heterocycles. The summed E-state index contributed by atoms with van der Waals surface area (Å²) < 4.78 is 5.52. The van der Waals surface area contributed by atoms with Crippen LogP contribution in [0.3, 0.4) is 0 Å². The first kappa shape index (κ1) is 16.0. The maximum absolute atomic E-state index is 11.8. The number of amides is 1. The molecule has 2 N–H and O–H groups in total. The summed E-state index contributed by atoms with van der Waals surface area (Å²) in [5.41, 5.74) is 0.647. The molecule has 1 rings (SSSR count). The fourth-order valence-corrected chi connectivity index (χ4v) is 1.69. The minimum atomic E-state index is -0.896. The monoisotopic (exact) mass is 279 g/mol. The van der Waals surface area contributed by atoms with E-state index in [4.69, 9.17) is 9.84 Å². The van der Waals surface area contributed by atoms with E-state index < -0.39 is 12.1 Å². The molecule has 0 aliphatic carbocycles. The minimum Gasteiger partial charge on any atom is -0.481 e. The molecule has 0 spiro atoms. The van der Waals surface area contributed by atoms with Crippen LogP contribution in [0, 0.1) is 0 Å². The molecule has 110 valence electrons. The lowest BCUT2D eigenvalue weighted by Crippen LogP contribution is -2.36. The Kier molecular flexibility index (Phi) is 6.56. The maximum atomic E-state index is 11.8. The minimum absolute atomic E-state index is 0.0612. The van der Waals surface area contributed by atoms with Crippen molar-refractivity contribution in [2.24, 2.45) is 0 Å². The van der Waals surface area contributed by atoms with Gasteiger partial charge in [-0.2, -0.15) is 0 Å². The summed E-state index contributed by atoms with van der Waals surface area (Å²) in [6, 6.07) is 6.79. The Morgan fingerprint density at radius 2 is 2.15 bits per heavy atom. The summed E-state index contributed by atoms with van der Waals surface area (Å²) in [4.78, 5) is 22.4. The van der Waals surface area contributed by atoms with Gasteiger partial charge >= 0.3 is 5.97 Å². The molecule has 0 aliphatic rings. The zero-order valence-corrected chi connectivity index (χ0v) is 11.9. The van der Waals surface area contributed by atoms with Crippen LogP contribution in [-0.4, -0.2) is 29.6 Å². The van der Waals surface area contributed by atoms with Gasteiger partial charge < -0.3 is 15.2 Å². The molecule has 0 saturated carbocycles. The molecule has 5 nitrogen and oxygen atoms in total. The Balaban J connectivity index is 2.54. The van der Waals surface area contributed by atoms with Crippen LogP contribution in [-0.2, 0) is 16.0 Å². The lowest BCUT2D eigenvalue weighted by Gasteiger charge is -2.15. The van der Waals surface area contributed by atoms with Crippen LogP contribution in [0.1, 0.15) is 32.3 Å². The van der Waals surface area contributed by atoms with E-state index in [1.807, 2.05) is 0 Å². The standard InChI is InChI=1S/C15H21NO4/c1-3-4-8-16-15(19)11(2)20-13-7-5-6-12(9-13)10-14(17)18/h5-7,9,11H,3-4,8,10H2,1-2H3,(H,16,19)(H,17,18). The summed E-state index contributed by atoms with van der Waals surface area (Å²) in [7, 11) is 0. The summed E-state index contributed by atoms with van der Waals surface area (Å²) in [6.45, 7) is 4.37. The van der Waals surface area contributed by atoms with Gasteiger partial charge in [-0.1, -0.05) is 25.5 Å². The highest BCUT2D eigenvalue weighted by molar-refractivity contribution is 5.80. The average Bonchev–Trinajstić information content (AvgIpc) is 2.38. The highest BCUT2D eigenvalue weighted by atomic mass is 16.5. The topological polar surface area (TPSA) is 75.6 Å². The van der Waals surface area contributed by atoms with E-state index in [9.17, 15) is 9.59 Å². The van der Waals surface area contributed by atoms with Crippen molar-refractivity contribution in [1.82, 2.24) is 5.32 Å². The van der Waals surface area contributed by atoms with Gasteiger partial charge in [-0.15, -0.1) is 0 Å². The number of carbonyl (C=O) groups is 2. The van der Waals surface area contributed by atoms with E-state index in [-0.39, 0.29) is 12.3 Å². The maximum Gasteiger partial charge on any atom is 0.307 e. The molecule has 0 aromatic heterocycles. The second kappa shape index (κ2) is 8.19.